The molecule has 5 rings (SSSR count). The molecule has 1 aliphatic heterocycles. The summed E-state index contributed by atoms with van der Waals surface area (Å²) in [5, 5.41) is 9.55. The van der Waals surface area contributed by atoms with E-state index in [1.54, 1.807) is 4.90 Å². The summed E-state index contributed by atoms with van der Waals surface area (Å²) in [5.74, 6) is -0.653. The van der Waals surface area contributed by atoms with Gasteiger partial charge in [-0.05, 0) is 34.2 Å². The molecule has 0 saturated carbocycles. The number of ether oxygens (including phenoxy) is 1. The molecule has 1 heterocycles. The second-order valence-electron chi connectivity index (χ2n) is 11.6. The fourth-order valence-corrected chi connectivity index (χ4v) is 5.99. The summed E-state index contributed by atoms with van der Waals surface area (Å²) >= 11 is 0. The van der Waals surface area contributed by atoms with Gasteiger partial charge in [-0.1, -0.05) is 126 Å². The fraction of sp³-hybridized carbons (Fsp3) is 0.270. The average molecular weight is 631 g/mol. The van der Waals surface area contributed by atoms with Gasteiger partial charge < -0.3 is 20.3 Å². The first-order valence-corrected chi connectivity index (χ1v) is 15.7. The number of carbonyl (C=O) groups is 3. The summed E-state index contributed by atoms with van der Waals surface area (Å²) in [4.78, 5) is 45.0. The molecule has 0 aromatic heterocycles. The highest BCUT2D eigenvalue weighted by molar-refractivity contribution is 5.86. The Bertz CT molecular complexity index is 1610. The predicted octanol–water partition coefficient (Wildman–Crippen LogP) is 6.14. The van der Waals surface area contributed by atoms with Crippen LogP contribution in [0.5, 0.6) is 0 Å². The highest BCUT2D eigenvalue weighted by Gasteiger charge is 2.37. The van der Waals surface area contributed by atoms with E-state index in [1.807, 2.05) is 121 Å². The molecule has 1 aliphatic rings. The fourth-order valence-electron chi connectivity index (χ4n) is 5.99. The van der Waals surface area contributed by atoms with Gasteiger partial charge in [-0.25, -0.2) is 4.79 Å². The SMILES string of the molecule is [N-]=[N+]=NC[C@@H]1C[C@H](NC(=O)[C@H](Cc2ccccc2)NC(=O)OCc2ccccc2)CN1C(=O)CC(c1ccccc1)c1ccccc1. The highest BCUT2D eigenvalue weighted by Crippen LogP contribution is 2.30. The van der Waals surface area contributed by atoms with Gasteiger partial charge in [0.1, 0.15) is 12.6 Å². The first kappa shape index (κ1) is 32.8. The molecule has 3 atom stereocenters. The molecule has 3 amide bonds. The Kier molecular flexibility index (Phi) is 11.6. The van der Waals surface area contributed by atoms with Crippen LogP contribution in [0.4, 0.5) is 4.79 Å². The van der Waals surface area contributed by atoms with Crippen LogP contribution in [-0.2, 0) is 27.4 Å². The van der Waals surface area contributed by atoms with E-state index in [4.69, 9.17) is 10.3 Å². The first-order valence-electron chi connectivity index (χ1n) is 15.7. The molecule has 10 heteroatoms. The number of azide groups is 1. The minimum Gasteiger partial charge on any atom is -0.445 e. The normalized spacial score (nSPS) is 16.1. The van der Waals surface area contributed by atoms with Gasteiger partial charge in [-0.3, -0.25) is 9.59 Å². The summed E-state index contributed by atoms with van der Waals surface area (Å²) in [5.41, 5.74) is 12.8. The number of nitrogens with one attached hydrogen (secondary N) is 2. The van der Waals surface area contributed by atoms with Crippen molar-refractivity contribution in [2.45, 2.75) is 49.9 Å². The number of nitrogens with zero attached hydrogens (tertiary/aromatic N) is 4. The van der Waals surface area contributed by atoms with Crippen LogP contribution in [-0.4, -0.2) is 54.0 Å². The lowest BCUT2D eigenvalue weighted by Gasteiger charge is -2.26. The Labute approximate surface area is 274 Å². The van der Waals surface area contributed by atoms with E-state index < -0.39 is 24.1 Å². The molecule has 1 saturated heterocycles. The second-order valence-corrected chi connectivity index (χ2v) is 11.6. The van der Waals surface area contributed by atoms with Crippen LogP contribution in [0.25, 0.3) is 10.4 Å². The van der Waals surface area contributed by atoms with Gasteiger partial charge >= 0.3 is 6.09 Å². The van der Waals surface area contributed by atoms with Crippen LogP contribution in [0.1, 0.15) is 41.0 Å². The summed E-state index contributed by atoms with van der Waals surface area (Å²) in [7, 11) is 0. The minimum atomic E-state index is -0.915. The van der Waals surface area contributed by atoms with Gasteiger partial charge in [-0.15, -0.1) is 0 Å². The number of hydrogen-bond donors (Lipinski definition) is 2. The van der Waals surface area contributed by atoms with Crippen LogP contribution in [0.15, 0.2) is 126 Å². The van der Waals surface area contributed by atoms with E-state index in [2.05, 4.69) is 20.7 Å². The molecule has 240 valence electrons. The average Bonchev–Trinajstić information content (AvgIpc) is 3.52. The number of alkyl carbamates (subject to hydrolysis) is 1. The lowest BCUT2D eigenvalue weighted by Crippen LogP contribution is -2.51. The molecular weight excluding hydrogens is 592 g/mol. The molecule has 47 heavy (non-hydrogen) atoms. The van der Waals surface area contributed by atoms with E-state index in [0.29, 0.717) is 6.42 Å². The van der Waals surface area contributed by atoms with Gasteiger partial charge in [0.25, 0.3) is 0 Å². The Morgan fingerprint density at radius 1 is 0.830 bits per heavy atom. The number of carbonyl (C=O) groups excluding carboxylic acids is 3. The Morgan fingerprint density at radius 2 is 1.38 bits per heavy atom. The van der Waals surface area contributed by atoms with Crippen molar-refractivity contribution in [2.75, 3.05) is 13.1 Å². The van der Waals surface area contributed by atoms with Gasteiger partial charge in [0.2, 0.25) is 11.8 Å². The third kappa shape index (κ3) is 9.45. The molecular formula is C37H38N6O4. The monoisotopic (exact) mass is 630 g/mol. The molecule has 0 radical (unpaired) electrons. The van der Waals surface area contributed by atoms with Gasteiger partial charge in [0, 0.05) is 48.8 Å². The standard InChI is InChI=1S/C37H38N6O4/c38-42-39-24-32-22-31(25-43(32)35(44)23-33(29-17-9-3-10-18-29)30-19-11-4-12-20-30)40-36(45)34(21-27-13-5-1-6-14-27)41-37(46)47-26-28-15-7-2-8-16-28/h1-20,31-34H,21-26H2,(H,40,45)(H,41,46)/t31-,32-,34-/m0/s1. The van der Waals surface area contributed by atoms with Crippen LogP contribution in [0, 0.1) is 0 Å². The molecule has 2 N–H and O–H groups in total. The summed E-state index contributed by atoms with van der Waals surface area (Å²) in [6, 6.07) is 36.8. The van der Waals surface area contributed by atoms with Crippen molar-refractivity contribution in [3.63, 3.8) is 0 Å². The van der Waals surface area contributed by atoms with Crippen molar-refractivity contribution in [2.24, 2.45) is 5.11 Å². The zero-order valence-electron chi connectivity index (χ0n) is 26.0. The lowest BCUT2D eigenvalue weighted by molar-refractivity contribution is -0.132. The third-order valence-corrected chi connectivity index (χ3v) is 8.32. The minimum absolute atomic E-state index is 0.0695. The summed E-state index contributed by atoms with van der Waals surface area (Å²) in [6.45, 7) is 0.413. The van der Waals surface area contributed by atoms with Crippen molar-refractivity contribution in [3.8, 4) is 0 Å². The maximum Gasteiger partial charge on any atom is 0.408 e. The van der Waals surface area contributed by atoms with E-state index in [0.717, 1.165) is 22.3 Å². The molecule has 0 aliphatic carbocycles. The van der Waals surface area contributed by atoms with Gasteiger partial charge in [-0.2, -0.15) is 0 Å². The van der Waals surface area contributed by atoms with Crippen molar-refractivity contribution in [3.05, 3.63) is 154 Å². The molecule has 10 nitrogen and oxygen atoms in total. The topological polar surface area (TPSA) is 136 Å². The van der Waals surface area contributed by atoms with Crippen molar-refractivity contribution >= 4 is 17.9 Å². The van der Waals surface area contributed by atoms with Crippen LogP contribution in [0.3, 0.4) is 0 Å². The third-order valence-electron chi connectivity index (χ3n) is 8.32. The maximum absolute atomic E-state index is 13.9. The van der Waals surface area contributed by atoms with E-state index in [-0.39, 0.29) is 50.4 Å². The van der Waals surface area contributed by atoms with E-state index in [9.17, 15) is 14.4 Å². The second kappa shape index (κ2) is 16.6. The zero-order valence-corrected chi connectivity index (χ0v) is 26.0. The van der Waals surface area contributed by atoms with Gasteiger partial charge in [0.05, 0.1) is 0 Å². The molecule has 4 aromatic rings. The van der Waals surface area contributed by atoms with Crippen molar-refractivity contribution in [1.82, 2.24) is 15.5 Å². The Hall–Kier alpha value is -5.60. The highest BCUT2D eigenvalue weighted by atomic mass is 16.5. The zero-order chi connectivity index (χ0) is 32.8. The van der Waals surface area contributed by atoms with Crippen molar-refractivity contribution in [1.29, 1.82) is 0 Å². The first-order chi connectivity index (χ1) is 23.0. The molecule has 0 bridgehead atoms. The van der Waals surface area contributed by atoms with Crippen LogP contribution >= 0.6 is 0 Å². The summed E-state index contributed by atoms with van der Waals surface area (Å²) < 4.78 is 5.41. The largest absolute Gasteiger partial charge is 0.445 e. The molecule has 1 fully saturated rings. The number of hydrogen-bond acceptors (Lipinski definition) is 5. The number of likely N-dealkylation sites (tertiary alicyclic amines) is 1. The maximum atomic E-state index is 13.9. The van der Waals surface area contributed by atoms with E-state index in [1.165, 1.54) is 0 Å². The van der Waals surface area contributed by atoms with E-state index >= 15 is 0 Å². The molecule has 0 unspecified atom stereocenters. The quantitative estimate of drug-likeness (QED) is 0.104. The lowest BCUT2D eigenvalue weighted by atomic mass is 9.88. The Balaban J connectivity index is 1.28. The van der Waals surface area contributed by atoms with Crippen molar-refractivity contribution < 1.29 is 19.1 Å². The van der Waals surface area contributed by atoms with Crippen LogP contribution < -0.4 is 10.6 Å². The predicted molar refractivity (Wildman–Crippen MR) is 179 cm³/mol. The molecule has 0 spiro atoms. The number of amides is 3. The Morgan fingerprint density at radius 3 is 1.96 bits per heavy atom. The molecule has 4 aromatic carbocycles. The number of rotatable bonds is 13. The van der Waals surface area contributed by atoms with Gasteiger partial charge in [0.15, 0.2) is 0 Å². The number of benzene rings is 4. The summed E-state index contributed by atoms with van der Waals surface area (Å²) in [6.07, 6.45) is 0.170. The smallest absolute Gasteiger partial charge is 0.408 e. The van der Waals surface area contributed by atoms with Crippen LogP contribution in [0.2, 0.25) is 0 Å².